The minimum absolute atomic E-state index is 0.636. The molecule has 3 aromatic heterocycles. The zero-order chi connectivity index (χ0) is 17.9. The Hall–Kier alpha value is -3.48. The Morgan fingerprint density at radius 3 is 2.77 bits per heavy atom. The average Bonchev–Trinajstić information content (AvgIpc) is 3.32. The van der Waals surface area contributed by atoms with E-state index in [9.17, 15) is 0 Å². The molecule has 0 bridgehead atoms. The van der Waals surface area contributed by atoms with E-state index in [0.29, 0.717) is 12.5 Å². The lowest BCUT2D eigenvalue weighted by molar-refractivity contribution is 0.832. The van der Waals surface area contributed by atoms with Crippen LogP contribution in [0.15, 0.2) is 61.1 Å². The molecule has 0 radical (unpaired) electrons. The van der Waals surface area contributed by atoms with Crippen LogP contribution in [0.2, 0.25) is 0 Å². The predicted molar refractivity (Wildman–Crippen MR) is 100 cm³/mol. The maximum Gasteiger partial charge on any atom is 0.225 e. The van der Waals surface area contributed by atoms with E-state index in [1.54, 1.807) is 6.20 Å². The van der Waals surface area contributed by atoms with Crippen molar-refractivity contribution in [1.82, 2.24) is 29.9 Å². The second-order valence-corrected chi connectivity index (χ2v) is 6.15. The molecule has 0 aliphatic rings. The van der Waals surface area contributed by atoms with Gasteiger partial charge in [-0.3, -0.25) is 5.10 Å². The quantitative estimate of drug-likeness (QED) is 0.602. The van der Waals surface area contributed by atoms with Crippen LogP contribution in [-0.2, 0) is 6.54 Å². The van der Waals surface area contributed by atoms with Crippen molar-refractivity contribution in [3.63, 3.8) is 0 Å². The second kappa shape index (κ2) is 6.79. The molecule has 4 aromatic rings. The van der Waals surface area contributed by atoms with Crippen molar-refractivity contribution < 1.29 is 0 Å². The van der Waals surface area contributed by atoms with E-state index < -0.39 is 0 Å². The Kier molecular flexibility index (Phi) is 4.18. The molecule has 26 heavy (non-hydrogen) atoms. The molecule has 0 fully saturated rings. The topological polar surface area (TPSA) is 75.5 Å². The van der Waals surface area contributed by atoms with Gasteiger partial charge in [-0.05, 0) is 31.2 Å². The van der Waals surface area contributed by atoms with Crippen LogP contribution in [0, 0.1) is 6.92 Å². The monoisotopic (exact) mass is 345 g/mol. The van der Waals surface area contributed by atoms with Crippen LogP contribution < -0.4 is 4.90 Å². The van der Waals surface area contributed by atoms with Gasteiger partial charge in [-0.25, -0.2) is 14.6 Å². The summed E-state index contributed by atoms with van der Waals surface area (Å²) in [5.74, 6) is 0.649. The van der Waals surface area contributed by atoms with Gasteiger partial charge in [0.05, 0.1) is 29.8 Å². The van der Waals surface area contributed by atoms with Gasteiger partial charge in [0.2, 0.25) is 5.95 Å². The van der Waals surface area contributed by atoms with Gasteiger partial charge >= 0.3 is 0 Å². The lowest BCUT2D eigenvalue weighted by Gasteiger charge is -2.15. The van der Waals surface area contributed by atoms with Crippen molar-refractivity contribution in [2.75, 3.05) is 11.9 Å². The van der Waals surface area contributed by atoms with E-state index in [1.807, 2.05) is 78.4 Å². The van der Waals surface area contributed by atoms with Crippen LogP contribution in [0.3, 0.4) is 0 Å². The molecule has 0 unspecified atom stereocenters. The molecule has 130 valence electrons. The molecule has 0 spiro atoms. The van der Waals surface area contributed by atoms with Gasteiger partial charge < -0.3 is 4.90 Å². The summed E-state index contributed by atoms with van der Waals surface area (Å²) < 4.78 is 1.84. The SMILES string of the molecule is Cc1cc(CN(C)c2nccc(-c3cnn(-c4ccccc4)c3)n2)n[nH]1. The molecule has 3 heterocycles. The molecule has 1 N–H and O–H groups in total. The minimum Gasteiger partial charge on any atom is -0.338 e. The molecule has 7 nitrogen and oxygen atoms in total. The van der Waals surface area contributed by atoms with Crippen molar-refractivity contribution >= 4 is 5.95 Å². The van der Waals surface area contributed by atoms with Crippen LogP contribution >= 0.6 is 0 Å². The Morgan fingerprint density at radius 1 is 1.15 bits per heavy atom. The third-order valence-corrected chi connectivity index (χ3v) is 4.04. The van der Waals surface area contributed by atoms with Crippen molar-refractivity contribution in [3.8, 4) is 16.9 Å². The van der Waals surface area contributed by atoms with Gasteiger partial charge in [-0.2, -0.15) is 10.2 Å². The number of hydrogen-bond donors (Lipinski definition) is 1. The fraction of sp³-hybridized carbons (Fsp3) is 0.158. The number of rotatable bonds is 5. The number of nitrogens with zero attached hydrogens (tertiary/aromatic N) is 6. The normalized spacial score (nSPS) is 10.8. The molecular formula is C19H19N7. The van der Waals surface area contributed by atoms with Gasteiger partial charge in [0.15, 0.2) is 0 Å². The number of anilines is 1. The summed E-state index contributed by atoms with van der Waals surface area (Å²) in [6, 6.07) is 13.9. The summed E-state index contributed by atoms with van der Waals surface area (Å²) in [7, 11) is 1.95. The first-order valence-corrected chi connectivity index (χ1v) is 8.34. The van der Waals surface area contributed by atoms with Gasteiger partial charge in [-0.1, -0.05) is 18.2 Å². The standard InChI is InChI=1S/C19H19N7/c1-14-10-16(24-23-14)13-25(2)19-20-9-8-18(22-19)15-11-21-26(12-15)17-6-4-3-5-7-17/h3-12H,13H2,1-2H3,(H,23,24). The molecule has 0 saturated carbocycles. The zero-order valence-electron chi connectivity index (χ0n) is 14.7. The number of aromatic nitrogens is 6. The first kappa shape index (κ1) is 16.0. The number of benzene rings is 1. The molecule has 0 atom stereocenters. The summed E-state index contributed by atoms with van der Waals surface area (Å²) in [6.45, 7) is 2.62. The van der Waals surface area contributed by atoms with Gasteiger partial charge in [0.25, 0.3) is 0 Å². The van der Waals surface area contributed by atoms with Gasteiger partial charge in [0.1, 0.15) is 0 Å². The lowest BCUT2D eigenvalue weighted by Crippen LogP contribution is -2.19. The molecule has 7 heteroatoms. The third kappa shape index (κ3) is 3.32. The number of hydrogen-bond acceptors (Lipinski definition) is 5. The molecule has 0 aliphatic heterocycles. The van der Waals surface area contributed by atoms with Crippen molar-refractivity contribution in [3.05, 3.63) is 72.4 Å². The van der Waals surface area contributed by atoms with Gasteiger partial charge in [0, 0.05) is 30.7 Å². The summed E-state index contributed by atoms with van der Waals surface area (Å²) in [4.78, 5) is 11.0. The lowest BCUT2D eigenvalue weighted by atomic mass is 10.2. The number of H-pyrrole nitrogens is 1. The third-order valence-electron chi connectivity index (χ3n) is 4.04. The number of nitrogens with one attached hydrogen (secondary N) is 1. The van der Waals surface area contributed by atoms with Crippen LogP contribution in [0.5, 0.6) is 0 Å². The maximum absolute atomic E-state index is 4.68. The highest BCUT2D eigenvalue weighted by atomic mass is 15.3. The van der Waals surface area contributed by atoms with E-state index in [1.165, 1.54) is 0 Å². The number of aryl methyl sites for hydroxylation is 1. The Labute approximate surface area is 151 Å². The zero-order valence-corrected chi connectivity index (χ0v) is 14.7. The maximum atomic E-state index is 4.68. The van der Waals surface area contributed by atoms with Crippen LogP contribution in [-0.4, -0.2) is 37.0 Å². The first-order valence-electron chi connectivity index (χ1n) is 8.34. The molecule has 1 aromatic carbocycles. The molecule has 0 saturated heterocycles. The fourth-order valence-electron chi connectivity index (χ4n) is 2.74. The van der Waals surface area contributed by atoms with Crippen LogP contribution in [0.4, 0.5) is 5.95 Å². The van der Waals surface area contributed by atoms with Gasteiger partial charge in [-0.15, -0.1) is 0 Å². The fourth-order valence-corrected chi connectivity index (χ4v) is 2.74. The summed E-state index contributed by atoms with van der Waals surface area (Å²) >= 11 is 0. The summed E-state index contributed by atoms with van der Waals surface area (Å²) in [6.07, 6.45) is 5.55. The smallest absolute Gasteiger partial charge is 0.225 e. The highest BCUT2D eigenvalue weighted by molar-refractivity contribution is 5.59. The van der Waals surface area contributed by atoms with Crippen molar-refractivity contribution in [2.24, 2.45) is 0 Å². The van der Waals surface area contributed by atoms with Crippen LogP contribution in [0.1, 0.15) is 11.4 Å². The highest BCUT2D eigenvalue weighted by Crippen LogP contribution is 2.20. The molecule has 0 aliphatic carbocycles. The second-order valence-electron chi connectivity index (χ2n) is 6.15. The Morgan fingerprint density at radius 2 is 2.00 bits per heavy atom. The van der Waals surface area contributed by atoms with Crippen LogP contribution in [0.25, 0.3) is 16.9 Å². The predicted octanol–water partition coefficient (Wildman–Crippen LogP) is 3.00. The highest BCUT2D eigenvalue weighted by Gasteiger charge is 2.10. The van der Waals surface area contributed by atoms with E-state index >= 15 is 0 Å². The Balaban J connectivity index is 1.57. The van der Waals surface area contributed by atoms with E-state index in [-0.39, 0.29) is 0 Å². The van der Waals surface area contributed by atoms with Crippen molar-refractivity contribution in [2.45, 2.75) is 13.5 Å². The molecule has 0 amide bonds. The molecule has 4 rings (SSSR count). The molecular weight excluding hydrogens is 326 g/mol. The number of aromatic amines is 1. The van der Waals surface area contributed by atoms with E-state index in [4.69, 9.17) is 0 Å². The Bertz CT molecular complexity index is 1000. The van der Waals surface area contributed by atoms with Crippen molar-refractivity contribution in [1.29, 1.82) is 0 Å². The largest absolute Gasteiger partial charge is 0.338 e. The minimum atomic E-state index is 0.636. The average molecular weight is 345 g/mol. The number of para-hydroxylation sites is 1. The first-order chi connectivity index (χ1) is 12.7. The summed E-state index contributed by atoms with van der Waals surface area (Å²) in [5.41, 5.74) is 4.79. The van der Waals surface area contributed by atoms with E-state index in [0.717, 1.165) is 28.3 Å². The summed E-state index contributed by atoms with van der Waals surface area (Å²) in [5, 5.41) is 11.7. The van der Waals surface area contributed by atoms with E-state index in [2.05, 4.69) is 25.3 Å².